The summed E-state index contributed by atoms with van der Waals surface area (Å²) in [7, 11) is 2.98. The first kappa shape index (κ1) is 12.2. The molecule has 0 saturated heterocycles. The second kappa shape index (κ2) is 4.96. The van der Waals surface area contributed by atoms with E-state index >= 15 is 0 Å². The van der Waals surface area contributed by atoms with Gasteiger partial charge in [-0.25, -0.2) is 4.39 Å². The fraction of sp³-hybridized carbons (Fsp3) is 0.143. The predicted octanol–water partition coefficient (Wildman–Crippen LogP) is 3.22. The van der Waals surface area contributed by atoms with Crippen molar-refractivity contribution in [2.45, 2.75) is 0 Å². The molecular formula is C14H13FO3. The van der Waals surface area contributed by atoms with E-state index in [1.807, 2.05) is 0 Å². The summed E-state index contributed by atoms with van der Waals surface area (Å²) in [5.74, 6) is 0.553. The van der Waals surface area contributed by atoms with Crippen LogP contribution in [0.1, 0.15) is 0 Å². The number of methoxy groups -OCH3 is 2. The Morgan fingerprint density at radius 2 is 1.61 bits per heavy atom. The maximum atomic E-state index is 13.3. The van der Waals surface area contributed by atoms with Gasteiger partial charge in [0.15, 0.2) is 11.5 Å². The van der Waals surface area contributed by atoms with Crippen LogP contribution in [0.15, 0.2) is 36.4 Å². The van der Waals surface area contributed by atoms with E-state index in [1.54, 1.807) is 18.2 Å². The highest BCUT2D eigenvalue weighted by molar-refractivity contribution is 5.72. The normalized spacial score (nSPS) is 10.2. The van der Waals surface area contributed by atoms with Gasteiger partial charge in [0, 0.05) is 5.56 Å². The van der Waals surface area contributed by atoms with Crippen molar-refractivity contribution in [3.05, 3.63) is 42.2 Å². The molecule has 0 aromatic heterocycles. The van der Waals surface area contributed by atoms with Crippen LogP contribution in [0.2, 0.25) is 0 Å². The third kappa shape index (κ3) is 2.22. The van der Waals surface area contributed by atoms with Gasteiger partial charge in [0.1, 0.15) is 11.6 Å². The highest BCUT2D eigenvalue weighted by Crippen LogP contribution is 2.35. The summed E-state index contributed by atoms with van der Waals surface area (Å²) >= 11 is 0. The topological polar surface area (TPSA) is 38.7 Å². The lowest BCUT2D eigenvalue weighted by atomic mass is 10.0. The van der Waals surface area contributed by atoms with Gasteiger partial charge in [-0.05, 0) is 35.9 Å². The van der Waals surface area contributed by atoms with E-state index in [0.29, 0.717) is 22.6 Å². The Hall–Kier alpha value is -2.23. The number of phenols is 1. The lowest BCUT2D eigenvalue weighted by Crippen LogP contribution is -1.90. The van der Waals surface area contributed by atoms with Crippen LogP contribution in [-0.2, 0) is 0 Å². The maximum Gasteiger partial charge on any atom is 0.160 e. The van der Waals surface area contributed by atoms with Crippen molar-refractivity contribution in [3.8, 4) is 28.4 Å². The molecule has 0 fully saturated rings. The number of hydrogen-bond acceptors (Lipinski definition) is 3. The minimum Gasteiger partial charge on any atom is -0.504 e. The summed E-state index contributed by atoms with van der Waals surface area (Å²) in [4.78, 5) is 0. The van der Waals surface area contributed by atoms with Gasteiger partial charge in [-0.2, -0.15) is 0 Å². The number of hydrogen-bond donors (Lipinski definition) is 1. The molecule has 1 N–H and O–H groups in total. The maximum absolute atomic E-state index is 13.3. The SMILES string of the molecule is COc1ccc(-c2cc(F)ccc2OC)cc1O. The first-order chi connectivity index (χ1) is 8.65. The molecule has 3 nitrogen and oxygen atoms in total. The summed E-state index contributed by atoms with van der Waals surface area (Å²) in [5, 5.41) is 9.73. The van der Waals surface area contributed by atoms with Gasteiger partial charge >= 0.3 is 0 Å². The van der Waals surface area contributed by atoms with Gasteiger partial charge in [-0.15, -0.1) is 0 Å². The van der Waals surface area contributed by atoms with Crippen molar-refractivity contribution >= 4 is 0 Å². The molecule has 0 unspecified atom stereocenters. The zero-order chi connectivity index (χ0) is 13.1. The Bertz CT molecular complexity index is 567. The summed E-state index contributed by atoms with van der Waals surface area (Å²) in [6.07, 6.45) is 0. The molecule has 94 valence electrons. The zero-order valence-corrected chi connectivity index (χ0v) is 10.1. The summed E-state index contributed by atoms with van der Waals surface area (Å²) < 4.78 is 23.4. The molecule has 0 aliphatic rings. The van der Waals surface area contributed by atoms with Crippen LogP contribution in [0.5, 0.6) is 17.2 Å². The van der Waals surface area contributed by atoms with E-state index < -0.39 is 0 Å². The lowest BCUT2D eigenvalue weighted by molar-refractivity contribution is 0.373. The van der Waals surface area contributed by atoms with E-state index in [0.717, 1.165) is 0 Å². The molecule has 0 heterocycles. The van der Waals surface area contributed by atoms with Crippen molar-refractivity contribution < 1.29 is 19.0 Å². The smallest absolute Gasteiger partial charge is 0.160 e. The Labute approximate surface area is 104 Å². The molecule has 0 atom stereocenters. The molecule has 0 bridgehead atoms. The van der Waals surface area contributed by atoms with E-state index in [2.05, 4.69) is 0 Å². The molecule has 2 aromatic rings. The Kier molecular flexibility index (Phi) is 3.37. The Morgan fingerprint density at radius 3 is 2.22 bits per heavy atom. The molecule has 0 radical (unpaired) electrons. The third-order valence-corrected chi connectivity index (χ3v) is 2.65. The van der Waals surface area contributed by atoms with Crippen molar-refractivity contribution in [2.24, 2.45) is 0 Å². The van der Waals surface area contributed by atoms with Crippen LogP contribution in [-0.4, -0.2) is 19.3 Å². The second-order valence-electron chi connectivity index (χ2n) is 3.73. The highest BCUT2D eigenvalue weighted by atomic mass is 19.1. The molecule has 0 saturated carbocycles. The van der Waals surface area contributed by atoms with E-state index in [-0.39, 0.29) is 11.6 Å². The number of phenolic OH excluding ortho intramolecular Hbond substituents is 1. The first-order valence-electron chi connectivity index (χ1n) is 5.36. The minimum absolute atomic E-state index is 0.00122. The van der Waals surface area contributed by atoms with E-state index in [4.69, 9.17) is 9.47 Å². The average Bonchev–Trinajstić information content (AvgIpc) is 2.38. The monoisotopic (exact) mass is 248 g/mol. The molecule has 4 heteroatoms. The van der Waals surface area contributed by atoms with Gasteiger partial charge in [-0.1, -0.05) is 6.07 Å². The van der Waals surface area contributed by atoms with Crippen LogP contribution in [0, 0.1) is 5.82 Å². The van der Waals surface area contributed by atoms with Crippen molar-refractivity contribution in [1.82, 2.24) is 0 Å². The van der Waals surface area contributed by atoms with Crippen molar-refractivity contribution in [1.29, 1.82) is 0 Å². The number of halogens is 1. The average molecular weight is 248 g/mol. The first-order valence-corrected chi connectivity index (χ1v) is 5.36. The van der Waals surface area contributed by atoms with Gasteiger partial charge in [0.2, 0.25) is 0 Å². The highest BCUT2D eigenvalue weighted by Gasteiger charge is 2.10. The molecular weight excluding hydrogens is 235 g/mol. The molecule has 0 aliphatic carbocycles. The largest absolute Gasteiger partial charge is 0.504 e. The molecule has 0 amide bonds. The number of aromatic hydroxyl groups is 1. The van der Waals surface area contributed by atoms with Gasteiger partial charge in [0.25, 0.3) is 0 Å². The van der Waals surface area contributed by atoms with Gasteiger partial charge in [-0.3, -0.25) is 0 Å². The second-order valence-corrected chi connectivity index (χ2v) is 3.73. The van der Waals surface area contributed by atoms with E-state index in [1.165, 1.54) is 32.4 Å². The van der Waals surface area contributed by atoms with Crippen LogP contribution >= 0.6 is 0 Å². The molecule has 2 aromatic carbocycles. The number of rotatable bonds is 3. The van der Waals surface area contributed by atoms with Crippen molar-refractivity contribution in [2.75, 3.05) is 14.2 Å². The standard InChI is InChI=1S/C14H13FO3/c1-17-13-6-4-10(15)8-11(13)9-3-5-14(18-2)12(16)7-9/h3-8,16H,1-2H3. The van der Waals surface area contributed by atoms with Crippen LogP contribution in [0.4, 0.5) is 4.39 Å². The van der Waals surface area contributed by atoms with Crippen molar-refractivity contribution in [3.63, 3.8) is 0 Å². The fourth-order valence-electron chi connectivity index (χ4n) is 1.76. The summed E-state index contributed by atoms with van der Waals surface area (Å²) in [6, 6.07) is 9.10. The predicted molar refractivity (Wildman–Crippen MR) is 66.6 cm³/mol. The molecule has 0 aliphatic heterocycles. The fourth-order valence-corrected chi connectivity index (χ4v) is 1.76. The molecule has 2 rings (SSSR count). The van der Waals surface area contributed by atoms with Crippen LogP contribution < -0.4 is 9.47 Å². The number of ether oxygens (including phenoxy) is 2. The third-order valence-electron chi connectivity index (χ3n) is 2.65. The Balaban J connectivity index is 2.54. The minimum atomic E-state index is -0.360. The number of benzene rings is 2. The summed E-state index contributed by atoms with van der Waals surface area (Å²) in [5.41, 5.74) is 1.24. The molecule has 0 spiro atoms. The van der Waals surface area contributed by atoms with Gasteiger partial charge in [0.05, 0.1) is 14.2 Å². The van der Waals surface area contributed by atoms with E-state index in [9.17, 15) is 9.50 Å². The van der Waals surface area contributed by atoms with Gasteiger partial charge < -0.3 is 14.6 Å². The zero-order valence-electron chi connectivity index (χ0n) is 10.1. The molecule has 18 heavy (non-hydrogen) atoms. The quantitative estimate of drug-likeness (QED) is 0.906. The lowest BCUT2D eigenvalue weighted by Gasteiger charge is -2.10. The van der Waals surface area contributed by atoms with Crippen LogP contribution in [0.3, 0.4) is 0 Å². The van der Waals surface area contributed by atoms with Crippen LogP contribution in [0.25, 0.3) is 11.1 Å². The summed E-state index contributed by atoms with van der Waals surface area (Å²) in [6.45, 7) is 0. The Morgan fingerprint density at radius 1 is 0.944 bits per heavy atom.